The first-order valence-electron chi connectivity index (χ1n) is 5.55. The lowest BCUT2D eigenvalue weighted by Crippen LogP contribution is -2.12. The van der Waals surface area contributed by atoms with Gasteiger partial charge >= 0.3 is 0 Å². The van der Waals surface area contributed by atoms with Crippen molar-refractivity contribution in [2.45, 2.75) is 6.92 Å². The molecule has 98 valence electrons. The van der Waals surface area contributed by atoms with E-state index in [1.165, 1.54) is 12.1 Å². The van der Waals surface area contributed by atoms with Gasteiger partial charge in [0.15, 0.2) is 0 Å². The van der Waals surface area contributed by atoms with E-state index in [9.17, 15) is 4.39 Å². The highest BCUT2D eigenvalue weighted by atomic mass is 35.5. The van der Waals surface area contributed by atoms with E-state index in [0.29, 0.717) is 22.1 Å². The number of nitrogens with two attached hydrogens (primary N) is 1. The smallest absolute Gasteiger partial charge is 0.139 e. The Bertz CT molecular complexity index is 643. The number of nitrogen functional groups attached to an aromatic ring is 1. The second-order valence-electron chi connectivity index (χ2n) is 4.07. The lowest BCUT2D eigenvalue weighted by atomic mass is 10.1. The molecule has 0 aliphatic rings. The second kappa shape index (κ2) is 5.28. The van der Waals surface area contributed by atoms with Crippen molar-refractivity contribution >= 4 is 17.4 Å². The van der Waals surface area contributed by atoms with Crippen molar-refractivity contribution in [1.29, 1.82) is 5.41 Å². The van der Waals surface area contributed by atoms with Gasteiger partial charge in [-0.25, -0.2) is 4.39 Å². The van der Waals surface area contributed by atoms with Crippen molar-refractivity contribution in [2.75, 3.05) is 0 Å². The van der Waals surface area contributed by atoms with Gasteiger partial charge in [0.05, 0.1) is 5.56 Å². The highest BCUT2D eigenvalue weighted by molar-refractivity contribution is 6.30. The molecule has 19 heavy (non-hydrogen) atoms. The maximum Gasteiger partial charge on any atom is 0.139 e. The molecule has 0 saturated heterocycles. The van der Waals surface area contributed by atoms with Gasteiger partial charge in [-0.2, -0.15) is 0 Å². The largest absolute Gasteiger partial charge is 0.456 e. The number of amidine groups is 1. The van der Waals surface area contributed by atoms with E-state index in [0.717, 1.165) is 5.56 Å². The van der Waals surface area contributed by atoms with Gasteiger partial charge < -0.3 is 10.5 Å². The van der Waals surface area contributed by atoms with Crippen molar-refractivity contribution in [3.05, 3.63) is 58.4 Å². The standard InChI is InChI=1S/C14H12ClFN2O/c1-8-2-4-10(16)7-12(8)19-13-6-9(15)3-5-11(13)14(17)18/h2-7H,1H3,(H3,17,18). The molecule has 2 rings (SSSR count). The average molecular weight is 279 g/mol. The molecule has 5 heteroatoms. The van der Waals surface area contributed by atoms with Crippen LogP contribution >= 0.6 is 11.6 Å². The highest BCUT2D eigenvalue weighted by Crippen LogP contribution is 2.30. The number of nitrogens with one attached hydrogen (secondary N) is 1. The number of ether oxygens (including phenoxy) is 1. The van der Waals surface area contributed by atoms with Crippen molar-refractivity contribution in [1.82, 2.24) is 0 Å². The van der Waals surface area contributed by atoms with Crippen LogP contribution in [0, 0.1) is 18.2 Å². The number of rotatable bonds is 3. The van der Waals surface area contributed by atoms with E-state index in [1.54, 1.807) is 31.2 Å². The summed E-state index contributed by atoms with van der Waals surface area (Å²) in [7, 11) is 0. The van der Waals surface area contributed by atoms with Crippen LogP contribution in [-0.2, 0) is 0 Å². The zero-order chi connectivity index (χ0) is 14.0. The molecule has 0 radical (unpaired) electrons. The van der Waals surface area contributed by atoms with E-state index in [1.807, 2.05) is 0 Å². The topological polar surface area (TPSA) is 59.1 Å². The Morgan fingerprint density at radius 2 is 1.95 bits per heavy atom. The lowest BCUT2D eigenvalue weighted by molar-refractivity contribution is 0.472. The predicted molar refractivity (Wildman–Crippen MR) is 73.7 cm³/mol. The van der Waals surface area contributed by atoms with Crippen LogP contribution in [0.5, 0.6) is 11.5 Å². The Morgan fingerprint density at radius 3 is 2.63 bits per heavy atom. The first kappa shape index (κ1) is 13.4. The second-order valence-corrected chi connectivity index (χ2v) is 4.50. The molecule has 3 nitrogen and oxygen atoms in total. The van der Waals surface area contributed by atoms with E-state index < -0.39 is 5.82 Å². The zero-order valence-corrected chi connectivity index (χ0v) is 11.0. The van der Waals surface area contributed by atoms with E-state index >= 15 is 0 Å². The quantitative estimate of drug-likeness (QED) is 0.661. The molecule has 0 atom stereocenters. The third-order valence-electron chi connectivity index (χ3n) is 2.60. The van der Waals surface area contributed by atoms with Gasteiger partial charge in [-0.1, -0.05) is 17.7 Å². The first-order chi connectivity index (χ1) is 8.97. The van der Waals surface area contributed by atoms with Gasteiger partial charge in [-0.05, 0) is 30.7 Å². The minimum Gasteiger partial charge on any atom is -0.456 e. The molecule has 0 aliphatic carbocycles. The maximum absolute atomic E-state index is 13.2. The molecule has 0 unspecified atom stereocenters. The van der Waals surface area contributed by atoms with Gasteiger partial charge in [0.25, 0.3) is 0 Å². The molecule has 3 N–H and O–H groups in total. The molecular weight excluding hydrogens is 267 g/mol. The molecule has 2 aromatic rings. The molecule has 0 aliphatic heterocycles. The molecule has 0 spiro atoms. The molecule has 0 saturated carbocycles. The molecule has 0 bridgehead atoms. The van der Waals surface area contributed by atoms with Gasteiger partial charge in [0.1, 0.15) is 23.2 Å². The molecule has 2 aromatic carbocycles. The van der Waals surface area contributed by atoms with Crippen LogP contribution < -0.4 is 10.5 Å². The van der Waals surface area contributed by atoms with Crippen molar-refractivity contribution in [3.63, 3.8) is 0 Å². The summed E-state index contributed by atoms with van der Waals surface area (Å²) in [5.41, 5.74) is 6.66. The summed E-state index contributed by atoms with van der Waals surface area (Å²) in [6.07, 6.45) is 0. The van der Waals surface area contributed by atoms with E-state index in [-0.39, 0.29) is 5.84 Å². The third-order valence-corrected chi connectivity index (χ3v) is 2.84. The molecular formula is C14H12ClFN2O. The van der Waals surface area contributed by atoms with Crippen LogP contribution in [0.1, 0.15) is 11.1 Å². The molecule has 0 amide bonds. The number of halogens is 2. The predicted octanol–water partition coefficient (Wildman–Crippen LogP) is 3.86. The number of hydrogen-bond donors (Lipinski definition) is 2. The summed E-state index contributed by atoms with van der Waals surface area (Å²) in [5.74, 6) is 0.159. The first-order valence-corrected chi connectivity index (χ1v) is 5.93. The van der Waals surface area contributed by atoms with Crippen LogP contribution in [0.4, 0.5) is 4.39 Å². The summed E-state index contributed by atoms with van der Waals surface area (Å²) >= 11 is 5.89. The van der Waals surface area contributed by atoms with Crippen molar-refractivity contribution in [3.8, 4) is 11.5 Å². The SMILES string of the molecule is Cc1ccc(F)cc1Oc1cc(Cl)ccc1C(=N)N. The van der Waals surface area contributed by atoms with Crippen LogP contribution in [0.15, 0.2) is 36.4 Å². The molecule has 0 aromatic heterocycles. The Balaban J connectivity index is 2.45. The Hall–Kier alpha value is -2.07. The Kier molecular flexibility index (Phi) is 3.71. The summed E-state index contributed by atoms with van der Waals surface area (Å²) in [6.45, 7) is 1.80. The molecule has 0 heterocycles. The van der Waals surface area contributed by atoms with Crippen molar-refractivity contribution in [2.24, 2.45) is 5.73 Å². The number of benzene rings is 2. The minimum atomic E-state index is -0.396. The average Bonchev–Trinajstić information content (AvgIpc) is 2.33. The van der Waals surface area contributed by atoms with Crippen molar-refractivity contribution < 1.29 is 9.13 Å². The summed E-state index contributed by atoms with van der Waals surface area (Å²) in [4.78, 5) is 0. The fourth-order valence-corrected chi connectivity index (χ4v) is 1.77. The van der Waals surface area contributed by atoms with Gasteiger partial charge in [0, 0.05) is 17.2 Å². The number of aryl methyl sites for hydroxylation is 1. The molecule has 0 fully saturated rings. The normalized spacial score (nSPS) is 10.3. The number of hydrogen-bond acceptors (Lipinski definition) is 2. The highest BCUT2D eigenvalue weighted by Gasteiger charge is 2.10. The van der Waals surface area contributed by atoms with Crippen LogP contribution in [-0.4, -0.2) is 5.84 Å². The summed E-state index contributed by atoms with van der Waals surface area (Å²) in [5, 5.41) is 7.94. The zero-order valence-electron chi connectivity index (χ0n) is 10.2. The van der Waals surface area contributed by atoms with Crippen LogP contribution in [0.25, 0.3) is 0 Å². The van der Waals surface area contributed by atoms with Crippen LogP contribution in [0.2, 0.25) is 5.02 Å². The van der Waals surface area contributed by atoms with Gasteiger partial charge in [0.2, 0.25) is 0 Å². The van der Waals surface area contributed by atoms with Crippen LogP contribution in [0.3, 0.4) is 0 Å². The Morgan fingerprint density at radius 1 is 1.21 bits per heavy atom. The summed E-state index contributed by atoms with van der Waals surface area (Å²) < 4.78 is 18.8. The fourth-order valence-electron chi connectivity index (χ4n) is 1.61. The maximum atomic E-state index is 13.2. The third kappa shape index (κ3) is 3.03. The lowest BCUT2D eigenvalue weighted by Gasteiger charge is -2.12. The van der Waals surface area contributed by atoms with Gasteiger partial charge in [-0.3, -0.25) is 5.41 Å². The van der Waals surface area contributed by atoms with E-state index in [2.05, 4.69) is 0 Å². The minimum absolute atomic E-state index is 0.138. The fraction of sp³-hybridized carbons (Fsp3) is 0.0714. The summed E-state index contributed by atoms with van der Waals surface area (Å²) in [6, 6.07) is 9.00. The monoisotopic (exact) mass is 278 g/mol. The Labute approximate surface area is 115 Å². The van der Waals surface area contributed by atoms with Gasteiger partial charge in [-0.15, -0.1) is 0 Å². The van der Waals surface area contributed by atoms with E-state index in [4.69, 9.17) is 27.5 Å².